The van der Waals surface area contributed by atoms with Crippen molar-refractivity contribution in [3.05, 3.63) is 66.2 Å². The number of nitrogens with zero attached hydrogens (tertiary/aromatic N) is 4. The third-order valence-corrected chi connectivity index (χ3v) is 5.63. The zero-order valence-electron chi connectivity index (χ0n) is 16.6. The van der Waals surface area contributed by atoms with Crippen LogP contribution in [0.5, 0.6) is 0 Å². The molecule has 9 nitrogen and oxygen atoms in total. The first kappa shape index (κ1) is 19.0. The molecule has 3 N–H and O–H groups in total. The van der Waals surface area contributed by atoms with Crippen molar-refractivity contribution in [2.75, 3.05) is 13.6 Å². The maximum absolute atomic E-state index is 12.3. The Hall–Kier alpha value is -3.98. The third kappa shape index (κ3) is 2.98. The summed E-state index contributed by atoms with van der Waals surface area (Å²) in [5.74, 6) is -0.823. The minimum Gasteiger partial charge on any atom is -0.373 e. The monoisotopic (exact) mass is 417 g/mol. The number of carbonyl (C=O) groups is 2. The fraction of sp³-hybridized carbons (Fsp3) is 0.182. The second-order valence-electron chi connectivity index (χ2n) is 7.64. The molecule has 1 aromatic carbocycles. The number of rotatable bonds is 4. The van der Waals surface area contributed by atoms with Gasteiger partial charge in [-0.2, -0.15) is 0 Å². The molecule has 3 aromatic heterocycles. The number of nitrogens with two attached hydrogens (primary N) is 1. The molecule has 31 heavy (non-hydrogen) atoms. The molecule has 1 unspecified atom stereocenters. The Labute approximate surface area is 176 Å². The van der Waals surface area contributed by atoms with E-state index in [0.717, 1.165) is 11.1 Å². The largest absolute Gasteiger partial charge is 0.373 e. The second kappa shape index (κ2) is 6.78. The molecule has 1 fully saturated rings. The van der Waals surface area contributed by atoms with E-state index in [1.165, 1.54) is 4.90 Å². The Kier molecular flexibility index (Phi) is 4.16. The molecule has 5 rings (SSSR count). The summed E-state index contributed by atoms with van der Waals surface area (Å²) in [7, 11) is 1.64. The summed E-state index contributed by atoms with van der Waals surface area (Å²) in [4.78, 5) is 30.0. The lowest BCUT2D eigenvalue weighted by atomic mass is 9.98. The summed E-state index contributed by atoms with van der Waals surface area (Å²) in [6, 6.07) is 12.4. The number of amides is 2. The van der Waals surface area contributed by atoms with Gasteiger partial charge in [-0.1, -0.05) is 23.4 Å². The van der Waals surface area contributed by atoms with Gasteiger partial charge in [0.1, 0.15) is 11.3 Å². The number of likely N-dealkylation sites (tertiary alicyclic amines) is 1. The predicted molar refractivity (Wildman–Crippen MR) is 111 cm³/mol. The quantitative estimate of drug-likeness (QED) is 0.521. The standard InChI is InChI=1S/C22H19N5O4/c1-26-9-7-22(30,21(26)29)18-11-16(25-31-18)13-4-2-5-14(10-13)17-12-27-8-3-6-15(19(23)28)20(27)24-17/h2-6,8,10-12,30H,7,9H2,1H3,(H2,23,28). The van der Waals surface area contributed by atoms with Gasteiger partial charge in [0.15, 0.2) is 5.76 Å². The van der Waals surface area contributed by atoms with E-state index in [9.17, 15) is 14.7 Å². The van der Waals surface area contributed by atoms with Crippen LogP contribution >= 0.6 is 0 Å². The van der Waals surface area contributed by atoms with E-state index in [2.05, 4.69) is 10.1 Å². The SMILES string of the molecule is CN1CCC(O)(c2cc(-c3cccc(-c4cn5cccc(C(N)=O)c5n4)c3)no2)C1=O. The number of aliphatic hydroxyl groups is 1. The number of likely N-dealkylation sites (N-methyl/N-ethyl adjacent to an activating group) is 1. The Morgan fingerprint density at radius 3 is 2.68 bits per heavy atom. The van der Waals surface area contributed by atoms with Crippen LogP contribution < -0.4 is 5.73 Å². The minimum atomic E-state index is -1.69. The summed E-state index contributed by atoms with van der Waals surface area (Å²) in [6.45, 7) is 0.446. The lowest BCUT2D eigenvalue weighted by molar-refractivity contribution is -0.144. The molecule has 0 bridgehead atoms. The van der Waals surface area contributed by atoms with Crippen LogP contribution in [0.15, 0.2) is 59.4 Å². The molecule has 1 atom stereocenters. The molecule has 2 amide bonds. The average molecular weight is 417 g/mol. The van der Waals surface area contributed by atoms with Crippen LogP contribution in [0.25, 0.3) is 28.2 Å². The fourth-order valence-corrected chi connectivity index (χ4v) is 3.87. The van der Waals surface area contributed by atoms with E-state index in [1.807, 2.05) is 30.5 Å². The Morgan fingerprint density at radius 1 is 1.19 bits per heavy atom. The average Bonchev–Trinajstić information content (AvgIpc) is 3.49. The summed E-state index contributed by atoms with van der Waals surface area (Å²) in [6.07, 6.45) is 3.85. The number of hydrogen-bond acceptors (Lipinski definition) is 6. The highest BCUT2D eigenvalue weighted by molar-refractivity contribution is 5.99. The number of benzene rings is 1. The van der Waals surface area contributed by atoms with Crippen molar-refractivity contribution in [3.63, 3.8) is 0 Å². The van der Waals surface area contributed by atoms with Gasteiger partial charge >= 0.3 is 0 Å². The van der Waals surface area contributed by atoms with Crippen LogP contribution in [0, 0.1) is 0 Å². The Balaban J connectivity index is 1.52. The summed E-state index contributed by atoms with van der Waals surface area (Å²) >= 11 is 0. The number of fused-ring (bicyclic) bond motifs is 1. The topological polar surface area (TPSA) is 127 Å². The van der Waals surface area contributed by atoms with Crippen LogP contribution in [0.4, 0.5) is 0 Å². The molecule has 156 valence electrons. The highest BCUT2D eigenvalue weighted by atomic mass is 16.5. The number of hydrogen-bond donors (Lipinski definition) is 2. The van der Waals surface area contributed by atoms with Crippen LogP contribution in [-0.2, 0) is 10.4 Å². The van der Waals surface area contributed by atoms with Gasteiger partial charge in [0.25, 0.3) is 11.8 Å². The van der Waals surface area contributed by atoms with Crippen molar-refractivity contribution < 1.29 is 19.2 Å². The molecule has 9 heteroatoms. The molecule has 4 heterocycles. The van der Waals surface area contributed by atoms with Crippen LogP contribution in [0.2, 0.25) is 0 Å². The molecule has 1 saturated heterocycles. The van der Waals surface area contributed by atoms with E-state index in [4.69, 9.17) is 10.3 Å². The summed E-state index contributed by atoms with van der Waals surface area (Å²) in [5, 5.41) is 14.8. The van der Waals surface area contributed by atoms with Crippen molar-refractivity contribution in [1.82, 2.24) is 19.4 Å². The van der Waals surface area contributed by atoms with Crippen molar-refractivity contribution >= 4 is 17.5 Å². The summed E-state index contributed by atoms with van der Waals surface area (Å²) in [5.41, 5.74) is 7.27. The number of imidazole rings is 1. The van der Waals surface area contributed by atoms with Crippen LogP contribution in [0.3, 0.4) is 0 Å². The fourth-order valence-electron chi connectivity index (χ4n) is 3.87. The Morgan fingerprint density at radius 2 is 1.97 bits per heavy atom. The van der Waals surface area contributed by atoms with Gasteiger partial charge in [0.05, 0.1) is 11.3 Å². The zero-order valence-corrected chi connectivity index (χ0v) is 16.6. The van der Waals surface area contributed by atoms with Gasteiger partial charge in [-0.25, -0.2) is 4.98 Å². The Bertz CT molecular complexity index is 1340. The molecular formula is C22H19N5O4. The maximum Gasteiger partial charge on any atom is 0.262 e. The van der Waals surface area contributed by atoms with Crippen molar-refractivity contribution in [1.29, 1.82) is 0 Å². The molecule has 1 aliphatic rings. The first-order valence-corrected chi connectivity index (χ1v) is 9.70. The number of primary amides is 1. The summed E-state index contributed by atoms with van der Waals surface area (Å²) < 4.78 is 7.09. The highest BCUT2D eigenvalue weighted by Gasteiger charge is 2.48. The van der Waals surface area contributed by atoms with Crippen LogP contribution in [-0.4, -0.2) is 50.0 Å². The van der Waals surface area contributed by atoms with Gasteiger partial charge in [-0.05, 0) is 18.2 Å². The van der Waals surface area contributed by atoms with E-state index in [0.29, 0.717) is 29.1 Å². The maximum atomic E-state index is 12.3. The van der Waals surface area contributed by atoms with E-state index >= 15 is 0 Å². The van der Waals surface area contributed by atoms with Crippen molar-refractivity contribution in [2.24, 2.45) is 5.73 Å². The molecule has 4 aromatic rings. The number of carbonyl (C=O) groups excluding carboxylic acids is 2. The van der Waals surface area contributed by atoms with Gasteiger partial charge in [0, 0.05) is 49.6 Å². The lowest BCUT2D eigenvalue weighted by Gasteiger charge is -2.16. The molecule has 1 aliphatic heterocycles. The van der Waals surface area contributed by atoms with Gasteiger partial charge in [0.2, 0.25) is 5.60 Å². The smallest absolute Gasteiger partial charge is 0.262 e. The minimum absolute atomic E-state index is 0.126. The molecule has 0 radical (unpaired) electrons. The van der Waals surface area contributed by atoms with Gasteiger partial charge in [-0.15, -0.1) is 0 Å². The van der Waals surface area contributed by atoms with E-state index in [-0.39, 0.29) is 12.2 Å². The first-order chi connectivity index (χ1) is 14.9. The van der Waals surface area contributed by atoms with Crippen molar-refractivity contribution in [2.45, 2.75) is 12.0 Å². The van der Waals surface area contributed by atoms with E-state index < -0.39 is 17.4 Å². The second-order valence-corrected chi connectivity index (χ2v) is 7.64. The van der Waals surface area contributed by atoms with E-state index in [1.54, 1.807) is 35.8 Å². The number of aromatic nitrogens is 3. The molecular weight excluding hydrogens is 398 g/mol. The zero-order chi connectivity index (χ0) is 21.8. The first-order valence-electron chi connectivity index (χ1n) is 9.70. The highest BCUT2D eigenvalue weighted by Crippen LogP contribution is 2.35. The molecule has 0 spiro atoms. The van der Waals surface area contributed by atoms with Crippen molar-refractivity contribution in [3.8, 4) is 22.5 Å². The normalized spacial score (nSPS) is 18.8. The lowest BCUT2D eigenvalue weighted by Crippen LogP contribution is -2.35. The van der Waals surface area contributed by atoms with Gasteiger partial charge < -0.3 is 24.7 Å². The predicted octanol–water partition coefficient (Wildman–Crippen LogP) is 1.80. The molecule has 0 saturated carbocycles. The molecule has 0 aliphatic carbocycles. The number of pyridine rings is 1. The third-order valence-electron chi connectivity index (χ3n) is 5.63. The van der Waals surface area contributed by atoms with Gasteiger partial charge in [-0.3, -0.25) is 9.59 Å². The van der Waals surface area contributed by atoms with Crippen LogP contribution in [0.1, 0.15) is 22.5 Å².